The van der Waals surface area contributed by atoms with Crippen molar-refractivity contribution in [1.82, 2.24) is 4.90 Å². The molecule has 0 N–H and O–H groups in total. The largest absolute Gasteiger partial charge is 0.301 e. The van der Waals surface area contributed by atoms with Crippen LogP contribution in [0.4, 0.5) is 0 Å². The van der Waals surface area contributed by atoms with Gasteiger partial charge in [-0.1, -0.05) is 27.2 Å². The summed E-state index contributed by atoms with van der Waals surface area (Å²) >= 11 is 0. The van der Waals surface area contributed by atoms with Crippen LogP contribution in [0.15, 0.2) is 0 Å². The van der Waals surface area contributed by atoms with Crippen molar-refractivity contribution in [2.45, 2.75) is 64.7 Å². The predicted octanol–water partition coefficient (Wildman–Crippen LogP) is 2.71. The Morgan fingerprint density at radius 1 is 1.17 bits per heavy atom. The van der Waals surface area contributed by atoms with Crippen LogP contribution in [0.25, 0.3) is 0 Å². The molecule has 3 nitrogen and oxygen atoms in total. The average molecular weight is 275 g/mol. The third-order valence-corrected chi connectivity index (χ3v) is 6.50. The van der Waals surface area contributed by atoms with Gasteiger partial charge in [-0.3, -0.25) is 0 Å². The van der Waals surface area contributed by atoms with Gasteiger partial charge in [0.1, 0.15) is 0 Å². The van der Waals surface area contributed by atoms with Crippen LogP contribution in [0.2, 0.25) is 0 Å². The van der Waals surface area contributed by atoms with E-state index in [2.05, 4.69) is 18.7 Å². The number of likely N-dealkylation sites (tertiary alicyclic amines) is 1. The molecule has 0 aliphatic carbocycles. The SMILES string of the molecule is CCCC(C)N1CCC(S(=O)(=O)CC(C)C)CC1. The maximum absolute atomic E-state index is 12.2. The fraction of sp³-hybridized carbons (Fsp3) is 1.00. The van der Waals surface area contributed by atoms with Crippen molar-refractivity contribution in [1.29, 1.82) is 0 Å². The zero-order valence-electron chi connectivity index (χ0n) is 12.4. The molecule has 1 saturated heterocycles. The van der Waals surface area contributed by atoms with Crippen LogP contribution >= 0.6 is 0 Å². The van der Waals surface area contributed by atoms with Gasteiger partial charge in [-0.25, -0.2) is 8.42 Å². The van der Waals surface area contributed by atoms with E-state index in [1.165, 1.54) is 12.8 Å². The highest BCUT2D eigenvalue weighted by atomic mass is 32.2. The number of hydrogen-bond donors (Lipinski definition) is 0. The third-order valence-electron chi connectivity index (χ3n) is 3.88. The van der Waals surface area contributed by atoms with Gasteiger partial charge in [0.2, 0.25) is 0 Å². The maximum Gasteiger partial charge on any atom is 0.153 e. The van der Waals surface area contributed by atoms with Gasteiger partial charge in [-0.05, 0) is 45.2 Å². The van der Waals surface area contributed by atoms with E-state index < -0.39 is 9.84 Å². The molecule has 0 aromatic carbocycles. The van der Waals surface area contributed by atoms with Crippen molar-refractivity contribution in [3.05, 3.63) is 0 Å². The van der Waals surface area contributed by atoms with Crippen LogP contribution in [0.5, 0.6) is 0 Å². The normalized spacial score (nSPS) is 21.4. The standard InChI is InChI=1S/C14H29NO2S/c1-5-6-13(4)15-9-7-14(8-10-15)18(16,17)11-12(2)3/h12-14H,5-11H2,1-4H3. The molecule has 0 aromatic heterocycles. The Labute approximate surface area is 113 Å². The van der Waals surface area contributed by atoms with Crippen molar-refractivity contribution in [3.8, 4) is 0 Å². The first kappa shape index (κ1) is 16.0. The van der Waals surface area contributed by atoms with Crippen molar-refractivity contribution < 1.29 is 8.42 Å². The molecule has 18 heavy (non-hydrogen) atoms. The van der Waals surface area contributed by atoms with Crippen LogP contribution in [0, 0.1) is 5.92 Å². The van der Waals surface area contributed by atoms with E-state index in [0.29, 0.717) is 11.8 Å². The Hall–Kier alpha value is -0.0900. The number of hydrogen-bond acceptors (Lipinski definition) is 3. The minimum absolute atomic E-state index is 0.0926. The highest BCUT2D eigenvalue weighted by Gasteiger charge is 2.31. The molecule has 1 heterocycles. The van der Waals surface area contributed by atoms with E-state index in [0.717, 1.165) is 25.9 Å². The fourth-order valence-corrected chi connectivity index (χ4v) is 5.01. The van der Waals surface area contributed by atoms with Crippen molar-refractivity contribution in [3.63, 3.8) is 0 Å². The molecule has 1 rings (SSSR count). The van der Waals surface area contributed by atoms with E-state index in [1.807, 2.05) is 13.8 Å². The zero-order valence-corrected chi connectivity index (χ0v) is 13.2. The topological polar surface area (TPSA) is 37.4 Å². The molecule has 0 spiro atoms. The molecule has 1 aliphatic rings. The van der Waals surface area contributed by atoms with Crippen LogP contribution in [-0.4, -0.2) is 43.5 Å². The first-order chi connectivity index (χ1) is 8.36. The van der Waals surface area contributed by atoms with Gasteiger partial charge in [0, 0.05) is 6.04 Å². The van der Waals surface area contributed by atoms with Gasteiger partial charge in [-0.15, -0.1) is 0 Å². The van der Waals surface area contributed by atoms with E-state index in [1.54, 1.807) is 0 Å². The molecule has 0 aromatic rings. The summed E-state index contributed by atoms with van der Waals surface area (Å²) in [5, 5.41) is -0.0926. The Bertz CT molecular complexity index is 330. The predicted molar refractivity (Wildman–Crippen MR) is 77.6 cm³/mol. The van der Waals surface area contributed by atoms with E-state index in [9.17, 15) is 8.42 Å². The summed E-state index contributed by atoms with van der Waals surface area (Å²) in [4.78, 5) is 2.45. The summed E-state index contributed by atoms with van der Waals surface area (Å²) in [5.41, 5.74) is 0. The third kappa shape index (κ3) is 4.54. The lowest BCUT2D eigenvalue weighted by molar-refractivity contribution is 0.167. The molecular weight excluding hydrogens is 246 g/mol. The molecule has 108 valence electrons. The molecule has 0 bridgehead atoms. The van der Waals surface area contributed by atoms with Crippen molar-refractivity contribution >= 4 is 9.84 Å². The first-order valence-electron chi connectivity index (χ1n) is 7.32. The maximum atomic E-state index is 12.2. The second kappa shape index (κ2) is 6.90. The lowest BCUT2D eigenvalue weighted by Crippen LogP contribution is -2.44. The van der Waals surface area contributed by atoms with Crippen LogP contribution in [0.3, 0.4) is 0 Å². The van der Waals surface area contributed by atoms with Crippen LogP contribution in [-0.2, 0) is 9.84 Å². The summed E-state index contributed by atoms with van der Waals surface area (Å²) in [6.07, 6.45) is 4.06. The summed E-state index contributed by atoms with van der Waals surface area (Å²) in [6.45, 7) is 10.3. The minimum atomic E-state index is -2.87. The molecule has 1 aliphatic heterocycles. The van der Waals surface area contributed by atoms with E-state index in [-0.39, 0.29) is 11.2 Å². The lowest BCUT2D eigenvalue weighted by Gasteiger charge is -2.36. The molecular formula is C14H29NO2S. The van der Waals surface area contributed by atoms with Crippen LogP contribution < -0.4 is 0 Å². The Kier molecular flexibility index (Phi) is 6.12. The Morgan fingerprint density at radius 3 is 2.17 bits per heavy atom. The van der Waals surface area contributed by atoms with Gasteiger partial charge in [0.05, 0.1) is 11.0 Å². The summed E-state index contributed by atoms with van der Waals surface area (Å²) in [7, 11) is -2.87. The van der Waals surface area contributed by atoms with Crippen LogP contribution in [0.1, 0.15) is 53.4 Å². The van der Waals surface area contributed by atoms with Crippen molar-refractivity contribution in [2.24, 2.45) is 5.92 Å². The molecule has 4 heteroatoms. The number of nitrogens with zero attached hydrogens (tertiary/aromatic N) is 1. The summed E-state index contributed by atoms with van der Waals surface area (Å²) in [5.74, 6) is 0.592. The minimum Gasteiger partial charge on any atom is -0.301 e. The van der Waals surface area contributed by atoms with Gasteiger partial charge >= 0.3 is 0 Å². The molecule has 0 saturated carbocycles. The second-order valence-corrected chi connectivity index (χ2v) is 8.42. The van der Waals surface area contributed by atoms with Gasteiger partial charge in [0.15, 0.2) is 9.84 Å². The highest BCUT2D eigenvalue weighted by molar-refractivity contribution is 7.92. The Morgan fingerprint density at radius 2 is 1.72 bits per heavy atom. The molecule has 1 atom stereocenters. The van der Waals surface area contributed by atoms with Gasteiger partial charge in [0.25, 0.3) is 0 Å². The zero-order chi connectivity index (χ0) is 13.8. The quantitative estimate of drug-likeness (QED) is 0.748. The average Bonchev–Trinajstić information content (AvgIpc) is 2.28. The molecule has 0 radical (unpaired) electrons. The van der Waals surface area contributed by atoms with E-state index in [4.69, 9.17) is 0 Å². The van der Waals surface area contributed by atoms with E-state index >= 15 is 0 Å². The summed E-state index contributed by atoms with van der Waals surface area (Å²) < 4.78 is 24.4. The monoisotopic (exact) mass is 275 g/mol. The number of rotatable bonds is 6. The fourth-order valence-electron chi connectivity index (χ4n) is 2.88. The lowest BCUT2D eigenvalue weighted by atomic mass is 10.1. The molecule has 1 unspecified atom stereocenters. The second-order valence-electron chi connectivity index (χ2n) is 6.10. The smallest absolute Gasteiger partial charge is 0.153 e. The van der Waals surface area contributed by atoms with Crippen molar-refractivity contribution in [2.75, 3.05) is 18.8 Å². The number of piperidine rings is 1. The first-order valence-corrected chi connectivity index (χ1v) is 9.04. The van der Waals surface area contributed by atoms with Gasteiger partial charge in [-0.2, -0.15) is 0 Å². The highest BCUT2D eigenvalue weighted by Crippen LogP contribution is 2.22. The molecule has 0 amide bonds. The number of sulfone groups is 1. The molecule has 1 fully saturated rings. The Balaban J connectivity index is 2.48. The van der Waals surface area contributed by atoms with Gasteiger partial charge < -0.3 is 4.90 Å². The summed E-state index contributed by atoms with van der Waals surface area (Å²) in [6, 6.07) is 0.601.